The molecule has 1 unspecified atom stereocenters. The summed E-state index contributed by atoms with van der Waals surface area (Å²) in [6.07, 6.45) is 0. The van der Waals surface area contributed by atoms with Crippen LogP contribution in [-0.2, 0) is 10.0 Å². The molecule has 2 rings (SSSR count). The molecule has 0 aromatic heterocycles. The molecule has 0 amide bonds. The average Bonchev–Trinajstić information content (AvgIpc) is 2.52. The van der Waals surface area contributed by atoms with Crippen molar-refractivity contribution in [3.63, 3.8) is 0 Å². The van der Waals surface area contributed by atoms with E-state index in [1.165, 1.54) is 25.2 Å². The maximum absolute atomic E-state index is 13.4. The van der Waals surface area contributed by atoms with Crippen molar-refractivity contribution in [2.75, 3.05) is 7.05 Å². The maximum atomic E-state index is 13.4. The highest BCUT2D eigenvalue weighted by Gasteiger charge is 2.31. The molecule has 0 saturated heterocycles. The summed E-state index contributed by atoms with van der Waals surface area (Å²) >= 11 is 6.15. The molecule has 25 heavy (non-hydrogen) atoms. The van der Waals surface area contributed by atoms with Gasteiger partial charge in [-0.1, -0.05) is 12.1 Å². The Morgan fingerprint density at radius 3 is 2.28 bits per heavy atom. The van der Waals surface area contributed by atoms with Crippen LogP contribution in [0.3, 0.4) is 0 Å². The lowest BCUT2D eigenvalue weighted by Gasteiger charge is -2.25. The van der Waals surface area contributed by atoms with Gasteiger partial charge in [0.05, 0.1) is 4.92 Å². The van der Waals surface area contributed by atoms with Crippen molar-refractivity contribution >= 4 is 47.6 Å². The summed E-state index contributed by atoms with van der Waals surface area (Å²) in [5, 5.41) is 10.9. The number of nitro groups is 1. The number of nitrogens with zero attached hydrogens (tertiary/aromatic N) is 2. The lowest BCUT2D eigenvalue weighted by atomic mass is 10.1. The maximum Gasteiger partial charge on any atom is 0.269 e. The molecule has 0 aliphatic heterocycles. The third-order valence-corrected chi connectivity index (χ3v) is 7.51. The van der Waals surface area contributed by atoms with Crippen LogP contribution in [0.2, 0.25) is 0 Å². The fourth-order valence-corrected chi connectivity index (χ4v) is 6.03. The van der Waals surface area contributed by atoms with Crippen molar-refractivity contribution in [2.24, 2.45) is 0 Å². The Morgan fingerprint density at radius 2 is 1.76 bits per heavy atom. The molecule has 0 radical (unpaired) electrons. The Bertz CT molecular complexity index is 914. The largest absolute Gasteiger partial charge is 0.269 e. The smallest absolute Gasteiger partial charge is 0.258 e. The van der Waals surface area contributed by atoms with E-state index in [-0.39, 0.29) is 19.5 Å². The number of nitro benzene ring substituents is 1. The summed E-state index contributed by atoms with van der Waals surface area (Å²) in [4.78, 5) is 10.3. The first kappa shape index (κ1) is 20.0. The zero-order valence-corrected chi connectivity index (χ0v) is 17.1. The number of hydrogen-bond donors (Lipinski definition) is 0. The van der Waals surface area contributed by atoms with E-state index in [1.54, 1.807) is 13.0 Å². The number of benzene rings is 2. The molecule has 0 aliphatic rings. The van der Waals surface area contributed by atoms with Crippen molar-refractivity contribution < 1.29 is 17.7 Å². The monoisotopic (exact) mass is 494 g/mol. The van der Waals surface area contributed by atoms with Crippen LogP contribution in [0, 0.1) is 15.9 Å². The number of sulfonamides is 1. The van der Waals surface area contributed by atoms with Gasteiger partial charge in [0.15, 0.2) is 0 Å². The van der Waals surface area contributed by atoms with Gasteiger partial charge in [-0.3, -0.25) is 10.1 Å². The zero-order chi connectivity index (χ0) is 18.9. The first-order chi connectivity index (χ1) is 11.6. The van der Waals surface area contributed by atoms with E-state index in [0.29, 0.717) is 5.56 Å². The highest BCUT2D eigenvalue weighted by atomic mass is 79.9. The van der Waals surface area contributed by atoms with E-state index in [0.717, 1.165) is 16.4 Å². The van der Waals surface area contributed by atoms with Gasteiger partial charge in [-0.05, 0) is 56.5 Å². The first-order valence-corrected chi connectivity index (χ1v) is 9.95. The van der Waals surface area contributed by atoms with Gasteiger partial charge in [0.25, 0.3) is 5.69 Å². The summed E-state index contributed by atoms with van der Waals surface area (Å²) in [5.41, 5.74) is 0.342. The summed E-state index contributed by atoms with van der Waals surface area (Å²) in [5.74, 6) is -0.591. The molecule has 0 heterocycles. The minimum absolute atomic E-state index is 0.0810. The van der Waals surface area contributed by atoms with Gasteiger partial charge in [-0.25, -0.2) is 12.8 Å². The van der Waals surface area contributed by atoms with E-state index < -0.39 is 26.8 Å². The summed E-state index contributed by atoms with van der Waals surface area (Å²) in [6, 6.07) is 7.21. The summed E-state index contributed by atoms with van der Waals surface area (Å²) in [7, 11) is -2.63. The van der Waals surface area contributed by atoms with Crippen LogP contribution in [0.5, 0.6) is 0 Å². The normalized spacial score (nSPS) is 13.0. The van der Waals surface area contributed by atoms with E-state index >= 15 is 0 Å². The third-order valence-electron chi connectivity index (χ3n) is 3.71. The van der Waals surface area contributed by atoms with E-state index in [1.807, 2.05) is 0 Å². The van der Waals surface area contributed by atoms with Crippen LogP contribution in [0.15, 0.2) is 50.2 Å². The third kappa shape index (κ3) is 4.08. The second-order valence-corrected chi connectivity index (χ2v) is 8.89. The fraction of sp³-hybridized carbons (Fsp3) is 0.200. The highest BCUT2D eigenvalue weighted by molar-refractivity contribution is 9.11. The second-order valence-electron chi connectivity index (χ2n) is 5.25. The number of hydrogen-bond acceptors (Lipinski definition) is 4. The van der Waals surface area contributed by atoms with Gasteiger partial charge in [0, 0.05) is 34.2 Å². The minimum Gasteiger partial charge on any atom is -0.258 e. The SMILES string of the molecule is CC(c1cccc([N+](=O)[O-])c1)N(C)S(=O)(=O)c1c(Br)cc(F)cc1Br. The number of non-ortho nitro benzene ring substituents is 1. The van der Waals surface area contributed by atoms with Gasteiger partial charge >= 0.3 is 0 Å². The predicted octanol–water partition coefficient (Wildman–Crippen LogP) is 4.64. The van der Waals surface area contributed by atoms with Gasteiger partial charge in [0.2, 0.25) is 10.0 Å². The van der Waals surface area contributed by atoms with Crippen LogP contribution < -0.4 is 0 Å². The van der Waals surface area contributed by atoms with E-state index in [2.05, 4.69) is 31.9 Å². The molecule has 0 N–H and O–H groups in total. The van der Waals surface area contributed by atoms with Gasteiger partial charge in [0.1, 0.15) is 10.7 Å². The molecule has 10 heteroatoms. The van der Waals surface area contributed by atoms with Crippen molar-refractivity contribution in [2.45, 2.75) is 17.9 Å². The Hall–Kier alpha value is -1.36. The van der Waals surface area contributed by atoms with Crippen LogP contribution in [0.1, 0.15) is 18.5 Å². The Labute approximate surface area is 161 Å². The molecule has 0 fully saturated rings. The van der Waals surface area contributed by atoms with Crippen molar-refractivity contribution in [3.05, 3.63) is 66.8 Å². The predicted molar refractivity (Wildman–Crippen MR) is 98.3 cm³/mol. The fourth-order valence-electron chi connectivity index (χ4n) is 2.24. The highest BCUT2D eigenvalue weighted by Crippen LogP contribution is 2.36. The Balaban J connectivity index is 2.47. The molecule has 0 saturated carbocycles. The van der Waals surface area contributed by atoms with Crippen LogP contribution in [0.4, 0.5) is 10.1 Å². The van der Waals surface area contributed by atoms with Crippen molar-refractivity contribution in [3.8, 4) is 0 Å². The molecule has 2 aromatic carbocycles. The Kier molecular flexibility index (Phi) is 5.97. The topological polar surface area (TPSA) is 80.5 Å². The number of halogens is 3. The lowest BCUT2D eigenvalue weighted by molar-refractivity contribution is -0.384. The van der Waals surface area contributed by atoms with Gasteiger partial charge < -0.3 is 0 Å². The molecule has 0 aliphatic carbocycles. The van der Waals surface area contributed by atoms with Gasteiger partial charge in [-0.2, -0.15) is 4.31 Å². The van der Waals surface area contributed by atoms with Crippen molar-refractivity contribution in [1.82, 2.24) is 4.31 Å². The number of rotatable bonds is 5. The molecule has 134 valence electrons. The van der Waals surface area contributed by atoms with E-state index in [9.17, 15) is 22.9 Å². The van der Waals surface area contributed by atoms with E-state index in [4.69, 9.17) is 0 Å². The summed E-state index contributed by atoms with van der Waals surface area (Å²) < 4.78 is 40.5. The molecule has 0 spiro atoms. The molecule has 2 aromatic rings. The molecular formula is C15H13Br2FN2O4S. The minimum atomic E-state index is -3.99. The quantitative estimate of drug-likeness (QED) is 0.447. The summed E-state index contributed by atoms with van der Waals surface area (Å²) in [6.45, 7) is 1.61. The standard InChI is InChI=1S/C15H13Br2FN2O4S/c1-9(10-4-3-5-12(6-10)20(21)22)19(2)25(23,24)15-13(16)7-11(18)8-14(15)17/h3-9H,1-2H3. The molecule has 6 nitrogen and oxygen atoms in total. The van der Waals surface area contributed by atoms with Gasteiger partial charge in [-0.15, -0.1) is 0 Å². The average molecular weight is 496 g/mol. The molecule has 0 bridgehead atoms. The van der Waals surface area contributed by atoms with Crippen LogP contribution in [0.25, 0.3) is 0 Å². The molecule has 1 atom stereocenters. The zero-order valence-electron chi connectivity index (χ0n) is 13.1. The van der Waals surface area contributed by atoms with Crippen molar-refractivity contribution in [1.29, 1.82) is 0 Å². The van der Waals surface area contributed by atoms with Crippen LogP contribution >= 0.6 is 31.9 Å². The Morgan fingerprint density at radius 1 is 1.20 bits per heavy atom. The first-order valence-electron chi connectivity index (χ1n) is 6.92. The lowest BCUT2D eigenvalue weighted by Crippen LogP contribution is -2.30. The second kappa shape index (κ2) is 7.48. The molecular weight excluding hydrogens is 483 g/mol. The van der Waals surface area contributed by atoms with Crippen LogP contribution in [-0.4, -0.2) is 24.7 Å².